The summed E-state index contributed by atoms with van der Waals surface area (Å²) in [5, 5.41) is 7.45. The summed E-state index contributed by atoms with van der Waals surface area (Å²) in [5.41, 5.74) is 1.09. The molecule has 27 heavy (non-hydrogen) atoms. The molecule has 6 heteroatoms. The van der Waals surface area contributed by atoms with E-state index >= 15 is 0 Å². The molecule has 4 fully saturated rings. The van der Waals surface area contributed by atoms with Crippen LogP contribution in [0.1, 0.15) is 62.8 Å². The molecule has 0 spiro atoms. The van der Waals surface area contributed by atoms with Crippen LogP contribution in [-0.4, -0.2) is 59.1 Å². The van der Waals surface area contributed by atoms with E-state index in [1.165, 1.54) is 51.6 Å². The molecule has 5 rings (SSSR count). The van der Waals surface area contributed by atoms with Crippen molar-refractivity contribution in [1.29, 1.82) is 0 Å². The zero-order chi connectivity index (χ0) is 18.4. The van der Waals surface area contributed by atoms with E-state index in [-0.39, 0.29) is 5.91 Å². The van der Waals surface area contributed by atoms with Gasteiger partial charge in [0.05, 0.1) is 5.69 Å². The molecule has 148 valence electrons. The van der Waals surface area contributed by atoms with Gasteiger partial charge in [0.1, 0.15) is 5.76 Å². The number of aromatic nitrogens is 1. The molecule has 0 radical (unpaired) electrons. The van der Waals surface area contributed by atoms with Crippen LogP contribution in [0.25, 0.3) is 0 Å². The summed E-state index contributed by atoms with van der Waals surface area (Å²) in [5.74, 6) is 3.20. The van der Waals surface area contributed by atoms with Crippen LogP contribution in [-0.2, 0) is 11.3 Å². The lowest BCUT2D eigenvalue weighted by atomic mass is 9.72. The Kier molecular flexibility index (Phi) is 4.72. The minimum atomic E-state index is 0.0913. The summed E-state index contributed by atoms with van der Waals surface area (Å²) in [6.07, 6.45) is 7.80. The largest absolute Gasteiger partial charge is 0.361 e. The van der Waals surface area contributed by atoms with E-state index in [9.17, 15) is 4.79 Å². The molecule has 1 amide bonds. The SMILES string of the molecule is CC(=O)NC[C@H]1[C@H]2C[C@H](CN(Cc3cc(C4CC4)on3)C2)[C@@H]2CCCCN21. The highest BCUT2D eigenvalue weighted by Gasteiger charge is 2.47. The number of likely N-dealkylation sites (tertiary alicyclic amines) is 1. The van der Waals surface area contributed by atoms with Crippen LogP contribution in [0.5, 0.6) is 0 Å². The maximum Gasteiger partial charge on any atom is 0.216 e. The van der Waals surface area contributed by atoms with Gasteiger partial charge in [0, 0.05) is 57.2 Å². The molecule has 6 nitrogen and oxygen atoms in total. The van der Waals surface area contributed by atoms with Crippen LogP contribution in [0.15, 0.2) is 10.6 Å². The zero-order valence-electron chi connectivity index (χ0n) is 16.4. The topological polar surface area (TPSA) is 61.6 Å². The van der Waals surface area contributed by atoms with E-state index < -0.39 is 0 Å². The molecular formula is C21H32N4O2. The van der Waals surface area contributed by atoms with Crippen molar-refractivity contribution in [3.8, 4) is 0 Å². The number of carbonyl (C=O) groups excluding carboxylic acids is 1. The number of rotatable bonds is 5. The number of carbonyl (C=O) groups is 1. The number of nitrogens with one attached hydrogen (secondary N) is 1. The van der Waals surface area contributed by atoms with Gasteiger partial charge in [0.15, 0.2) is 0 Å². The fourth-order valence-electron chi connectivity index (χ4n) is 5.86. The normalized spacial score (nSPS) is 34.3. The number of hydrogen-bond acceptors (Lipinski definition) is 5. The van der Waals surface area contributed by atoms with E-state index in [1.54, 1.807) is 6.92 Å². The van der Waals surface area contributed by atoms with Gasteiger partial charge in [0.25, 0.3) is 0 Å². The predicted molar refractivity (Wildman–Crippen MR) is 102 cm³/mol. The monoisotopic (exact) mass is 372 g/mol. The van der Waals surface area contributed by atoms with Crippen molar-refractivity contribution in [2.24, 2.45) is 11.8 Å². The molecule has 3 aliphatic heterocycles. The number of amides is 1. The highest BCUT2D eigenvalue weighted by molar-refractivity contribution is 5.72. The van der Waals surface area contributed by atoms with Crippen LogP contribution in [0.4, 0.5) is 0 Å². The van der Waals surface area contributed by atoms with Gasteiger partial charge in [-0.1, -0.05) is 11.6 Å². The zero-order valence-corrected chi connectivity index (χ0v) is 16.4. The molecule has 4 heterocycles. The molecule has 1 aromatic heterocycles. The highest BCUT2D eigenvalue weighted by atomic mass is 16.5. The third-order valence-electron chi connectivity index (χ3n) is 7.20. The summed E-state index contributed by atoms with van der Waals surface area (Å²) in [7, 11) is 0. The van der Waals surface area contributed by atoms with Crippen LogP contribution >= 0.6 is 0 Å². The average Bonchev–Trinajstić information content (AvgIpc) is 3.41. The van der Waals surface area contributed by atoms with Gasteiger partial charge < -0.3 is 9.84 Å². The van der Waals surface area contributed by atoms with E-state index in [4.69, 9.17) is 4.52 Å². The Morgan fingerprint density at radius 3 is 2.93 bits per heavy atom. The number of piperidine rings is 3. The fourth-order valence-corrected chi connectivity index (χ4v) is 5.86. The lowest BCUT2D eigenvalue weighted by molar-refractivity contribution is -0.120. The quantitative estimate of drug-likeness (QED) is 0.860. The van der Waals surface area contributed by atoms with Crippen molar-refractivity contribution in [1.82, 2.24) is 20.3 Å². The molecule has 0 aromatic carbocycles. The van der Waals surface area contributed by atoms with E-state index in [1.807, 2.05) is 0 Å². The van der Waals surface area contributed by atoms with Crippen molar-refractivity contribution in [2.75, 3.05) is 26.2 Å². The van der Waals surface area contributed by atoms with Gasteiger partial charge in [0.2, 0.25) is 5.91 Å². The van der Waals surface area contributed by atoms with Gasteiger partial charge in [-0.2, -0.15) is 0 Å². The highest BCUT2D eigenvalue weighted by Crippen LogP contribution is 2.42. The van der Waals surface area contributed by atoms with Crippen molar-refractivity contribution in [2.45, 2.75) is 70.0 Å². The number of hydrogen-bond donors (Lipinski definition) is 1. The Bertz CT molecular complexity index is 685. The van der Waals surface area contributed by atoms with Gasteiger partial charge >= 0.3 is 0 Å². The number of nitrogens with zero attached hydrogens (tertiary/aromatic N) is 3. The standard InChI is InChI=1S/C21H32N4O2/c1-14(26)22-10-20-17-8-16(19-4-2-3-7-25(19)20)11-24(12-17)13-18-9-21(27-23-18)15-5-6-15/h9,15-17,19-20H,2-8,10-13H2,1H3,(H,22,26)/t16-,17+,19+,20+/m1/s1. The second kappa shape index (κ2) is 7.21. The first-order chi connectivity index (χ1) is 13.2. The summed E-state index contributed by atoms with van der Waals surface area (Å²) < 4.78 is 5.56. The lowest BCUT2D eigenvalue weighted by Crippen LogP contribution is -2.65. The van der Waals surface area contributed by atoms with Crippen LogP contribution in [0.3, 0.4) is 0 Å². The van der Waals surface area contributed by atoms with Crippen LogP contribution < -0.4 is 5.32 Å². The molecule has 1 saturated carbocycles. The van der Waals surface area contributed by atoms with Crippen molar-refractivity contribution < 1.29 is 9.32 Å². The molecule has 1 aromatic rings. The van der Waals surface area contributed by atoms with Gasteiger partial charge in [-0.15, -0.1) is 0 Å². The number of fused-ring (bicyclic) bond motifs is 4. The van der Waals surface area contributed by atoms with Crippen molar-refractivity contribution in [3.05, 3.63) is 17.5 Å². The minimum Gasteiger partial charge on any atom is -0.361 e. The Morgan fingerprint density at radius 1 is 1.26 bits per heavy atom. The first-order valence-electron chi connectivity index (χ1n) is 10.9. The summed E-state index contributed by atoms with van der Waals surface area (Å²) >= 11 is 0. The maximum atomic E-state index is 11.5. The Balaban J connectivity index is 1.30. The van der Waals surface area contributed by atoms with E-state index in [0.717, 1.165) is 37.0 Å². The van der Waals surface area contributed by atoms with Crippen LogP contribution in [0.2, 0.25) is 0 Å². The second-order valence-corrected chi connectivity index (χ2v) is 9.25. The molecule has 2 bridgehead atoms. The third-order valence-corrected chi connectivity index (χ3v) is 7.20. The van der Waals surface area contributed by atoms with Gasteiger partial charge in [-0.3, -0.25) is 14.6 Å². The minimum absolute atomic E-state index is 0.0913. The predicted octanol–water partition coefficient (Wildman–Crippen LogP) is 2.36. The van der Waals surface area contributed by atoms with Crippen molar-refractivity contribution in [3.63, 3.8) is 0 Å². The maximum absolute atomic E-state index is 11.5. The Hall–Kier alpha value is -1.40. The van der Waals surface area contributed by atoms with E-state index in [2.05, 4.69) is 26.3 Å². The average molecular weight is 373 g/mol. The molecule has 0 unspecified atom stereocenters. The van der Waals surface area contributed by atoms with Gasteiger partial charge in [-0.05, 0) is 50.5 Å². The summed E-state index contributed by atoms with van der Waals surface area (Å²) in [4.78, 5) is 16.9. The molecule has 3 saturated heterocycles. The second-order valence-electron chi connectivity index (χ2n) is 9.25. The van der Waals surface area contributed by atoms with Crippen LogP contribution in [0, 0.1) is 11.8 Å². The Labute approximate surface area is 161 Å². The van der Waals surface area contributed by atoms with E-state index in [0.29, 0.717) is 23.9 Å². The summed E-state index contributed by atoms with van der Waals surface area (Å²) in [6.45, 7) is 6.83. The molecule has 1 aliphatic carbocycles. The first-order valence-corrected chi connectivity index (χ1v) is 10.9. The smallest absolute Gasteiger partial charge is 0.216 e. The first kappa shape index (κ1) is 17.7. The molecule has 4 atom stereocenters. The molecule has 1 N–H and O–H groups in total. The fraction of sp³-hybridized carbons (Fsp3) is 0.810. The molecular weight excluding hydrogens is 340 g/mol. The Morgan fingerprint density at radius 2 is 2.11 bits per heavy atom. The summed E-state index contributed by atoms with van der Waals surface area (Å²) in [6, 6.07) is 3.36. The molecule has 4 aliphatic rings. The third kappa shape index (κ3) is 3.66. The lowest BCUT2D eigenvalue weighted by Gasteiger charge is -2.56. The van der Waals surface area contributed by atoms with Crippen molar-refractivity contribution >= 4 is 5.91 Å². The van der Waals surface area contributed by atoms with Gasteiger partial charge in [-0.25, -0.2) is 0 Å².